The molecule has 0 bridgehead atoms. The van der Waals surface area contributed by atoms with Gasteiger partial charge in [0.05, 0.1) is 14.7 Å². The van der Waals surface area contributed by atoms with E-state index in [4.69, 9.17) is 9.47 Å². The van der Waals surface area contributed by atoms with E-state index in [0.717, 1.165) is 12.0 Å². The van der Waals surface area contributed by atoms with Crippen LogP contribution < -0.4 is 4.74 Å². The van der Waals surface area contributed by atoms with Gasteiger partial charge in [-0.1, -0.05) is 58.1 Å². The highest BCUT2D eigenvalue weighted by molar-refractivity contribution is 6.76. The molecule has 1 N–H and O–H groups in total. The van der Waals surface area contributed by atoms with Crippen molar-refractivity contribution in [3.8, 4) is 5.75 Å². The van der Waals surface area contributed by atoms with Crippen molar-refractivity contribution in [1.29, 1.82) is 0 Å². The van der Waals surface area contributed by atoms with Crippen LogP contribution in [0.4, 0.5) is 0 Å². The van der Waals surface area contributed by atoms with E-state index in [1.165, 1.54) is 6.42 Å². The van der Waals surface area contributed by atoms with Gasteiger partial charge in [0.15, 0.2) is 0 Å². The predicted molar refractivity (Wildman–Crippen MR) is 88.1 cm³/mol. The lowest BCUT2D eigenvalue weighted by atomic mass is 10.3. The van der Waals surface area contributed by atoms with Gasteiger partial charge < -0.3 is 14.6 Å². The van der Waals surface area contributed by atoms with Crippen LogP contribution in [-0.2, 0) is 4.74 Å². The number of rotatable bonds is 7. The molecule has 3 nitrogen and oxygen atoms in total. The molecule has 4 heteroatoms. The van der Waals surface area contributed by atoms with Crippen LogP contribution in [0.3, 0.4) is 0 Å². The molecule has 1 rings (SSSR count). The highest BCUT2D eigenvalue weighted by atomic mass is 28.3. The van der Waals surface area contributed by atoms with Crippen LogP contribution in [0.2, 0.25) is 19.6 Å². The summed E-state index contributed by atoms with van der Waals surface area (Å²) in [7, 11) is -1.19. The molecule has 0 aliphatic carbocycles. The van der Waals surface area contributed by atoms with Crippen molar-refractivity contribution in [1.82, 2.24) is 0 Å². The van der Waals surface area contributed by atoms with Gasteiger partial charge in [-0.2, -0.15) is 0 Å². The molecule has 1 unspecified atom stereocenters. The topological polar surface area (TPSA) is 38.7 Å². The number of benzene rings is 1. The molecule has 0 spiro atoms. The van der Waals surface area contributed by atoms with Crippen LogP contribution in [-0.4, -0.2) is 38.7 Å². The van der Waals surface area contributed by atoms with Crippen molar-refractivity contribution < 1.29 is 14.6 Å². The fourth-order valence-electron chi connectivity index (χ4n) is 1.26. The zero-order valence-electron chi connectivity index (χ0n) is 13.6. The Bertz CT molecular complexity index is 322. The normalized spacial score (nSPS) is 12.3. The Hall–Kier alpha value is -0.843. The average Bonchev–Trinajstić information content (AvgIpc) is 2.37. The molecule has 0 radical (unpaired) electrons. The highest BCUT2D eigenvalue weighted by Crippen LogP contribution is 2.08. The summed E-state index contributed by atoms with van der Waals surface area (Å²) in [6.45, 7) is 11.6. The molecule has 116 valence electrons. The van der Waals surface area contributed by atoms with Crippen LogP contribution in [0.15, 0.2) is 30.3 Å². The Balaban J connectivity index is 0.00000110. The van der Waals surface area contributed by atoms with Crippen molar-refractivity contribution in [3.63, 3.8) is 0 Å². The second kappa shape index (κ2) is 10.9. The standard InChI is InChI=1S/C13H22O3Si.C3H8/c1-17(2,3)11-15-9-12(14)10-16-13-7-5-4-6-8-13;1-3-2/h4-8,12,14H,9-11H2,1-3H3;3H2,1-2H3. The van der Waals surface area contributed by atoms with Gasteiger partial charge in [-0.25, -0.2) is 0 Å². The lowest BCUT2D eigenvalue weighted by Crippen LogP contribution is -2.32. The number of hydrogen-bond acceptors (Lipinski definition) is 3. The van der Waals surface area contributed by atoms with E-state index in [1.807, 2.05) is 30.3 Å². The molecule has 0 saturated carbocycles. The minimum atomic E-state index is -1.19. The molecule has 1 aromatic rings. The zero-order valence-corrected chi connectivity index (χ0v) is 14.6. The minimum absolute atomic E-state index is 0.274. The van der Waals surface area contributed by atoms with Gasteiger partial charge in [-0.15, -0.1) is 0 Å². The molecule has 1 aromatic carbocycles. The lowest BCUT2D eigenvalue weighted by Gasteiger charge is -2.18. The zero-order chi connectivity index (χ0) is 15.4. The van der Waals surface area contributed by atoms with Gasteiger partial charge in [-0.05, 0) is 12.1 Å². The lowest BCUT2D eigenvalue weighted by molar-refractivity contribution is 0.0248. The van der Waals surface area contributed by atoms with Gasteiger partial charge >= 0.3 is 0 Å². The van der Waals surface area contributed by atoms with Crippen molar-refractivity contribution in [2.75, 3.05) is 19.4 Å². The Labute approximate surface area is 124 Å². The molecule has 0 amide bonds. The van der Waals surface area contributed by atoms with Gasteiger partial charge in [0.2, 0.25) is 0 Å². The number of aliphatic hydroxyl groups excluding tert-OH is 1. The van der Waals surface area contributed by atoms with Gasteiger partial charge in [-0.3, -0.25) is 0 Å². The second-order valence-electron chi connectivity index (χ2n) is 6.06. The van der Waals surface area contributed by atoms with Crippen LogP contribution in [0.1, 0.15) is 20.3 Å². The van der Waals surface area contributed by atoms with E-state index in [2.05, 4.69) is 33.5 Å². The van der Waals surface area contributed by atoms with E-state index in [9.17, 15) is 5.11 Å². The SMILES string of the molecule is CCC.C[Si](C)(C)COCC(O)COc1ccccc1. The maximum absolute atomic E-state index is 9.67. The van der Waals surface area contributed by atoms with Gasteiger partial charge in [0.25, 0.3) is 0 Å². The van der Waals surface area contributed by atoms with Gasteiger partial charge in [0.1, 0.15) is 18.5 Å². The van der Waals surface area contributed by atoms with E-state index in [-0.39, 0.29) is 6.61 Å². The molecule has 1 atom stereocenters. The maximum atomic E-state index is 9.67. The molecular formula is C16H30O3Si. The predicted octanol–water partition coefficient (Wildman–Crippen LogP) is 3.74. The van der Waals surface area contributed by atoms with E-state index >= 15 is 0 Å². The molecule has 0 aliphatic rings. The largest absolute Gasteiger partial charge is 0.491 e. The first kappa shape index (κ1) is 19.2. The quantitative estimate of drug-likeness (QED) is 0.779. The van der Waals surface area contributed by atoms with E-state index in [1.54, 1.807) is 0 Å². The fraction of sp³-hybridized carbons (Fsp3) is 0.625. The van der Waals surface area contributed by atoms with Gasteiger partial charge in [0, 0.05) is 6.23 Å². The summed E-state index contributed by atoms with van der Waals surface area (Å²) < 4.78 is 10.9. The molecular weight excluding hydrogens is 268 g/mol. The smallest absolute Gasteiger partial charge is 0.119 e. The number of hydrogen-bond donors (Lipinski definition) is 1. The molecule has 0 heterocycles. The summed E-state index contributed by atoms with van der Waals surface area (Å²) in [4.78, 5) is 0. The first-order valence-corrected chi connectivity index (χ1v) is 11.0. The third-order valence-corrected chi connectivity index (χ3v) is 3.10. The Morgan fingerprint density at radius 1 is 1.05 bits per heavy atom. The van der Waals surface area contributed by atoms with Crippen LogP contribution in [0, 0.1) is 0 Å². The Morgan fingerprint density at radius 2 is 1.60 bits per heavy atom. The first-order chi connectivity index (χ1) is 9.39. The third-order valence-electron chi connectivity index (χ3n) is 2.03. The summed E-state index contributed by atoms with van der Waals surface area (Å²) in [6, 6.07) is 9.48. The summed E-state index contributed by atoms with van der Waals surface area (Å²) in [5, 5.41) is 9.67. The van der Waals surface area contributed by atoms with Crippen molar-refractivity contribution in [3.05, 3.63) is 30.3 Å². The molecule has 0 aromatic heterocycles. The number of ether oxygens (including phenoxy) is 2. The Morgan fingerprint density at radius 3 is 2.10 bits per heavy atom. The molecule has 0 saturated heterocycles. The molecule has 0 fully saturated rings. The van der Waals surface area contributed by atoms with Crippen LogP contribution >= 0.6 is 0 Å². The Kier molecular flexibility index (Phi) is 10.4. The monoisotopic (exact) mass is 298 g/mol. The van der Waals surface area contributed by atoms with E-state index < -0.39 is 14.2 Å². The summed E-state index contributed by atoms with van der Waals surface area (Å²) in [5.41, 5.74) is 0. The summed E-state index contributed by atoms with van der Waals surface area (Å²) in [5.74, 6) is 0.775. The van der Waals surface area contributed by atoms with E-state index in [0.29, 0.717) is 6.61 Å². The second-order valence-corrected chi connectivity index (χ2v) is 11.5. The minimum Gasteiger partial charge on any atom is -0.491 e. The molecule has 20 heavy (non-hydrogen) atoms. The summed E-state index contributed by atoms with van der Waals surface area (Å²) >= 11 is 0. The first-order valence-electron chi connectivity index (χ1n) is 7.32. The number of aliphatic hydroxyl groups is 1. The van der Waals surface area contributed by atoms with Crippen molar-refractivity contribution in [2.45, 2.75) is 46.0 Å². The van der Waals surface area contributed by atoms with Crippen LogP contribution in [0.5, 0.6) is 5.75 Å². The maximum Gasteiger partial charge on any atom is 0.119 e. The third kappa shape index (κ3) is 12.2. The van der Waals surface area contributed by atoms with Crippen molar-refractivity contribution in [2.24, 2.45) is 0 Å². The number of para-hydroxylation sites is 1. The van der Waals surface area contributed by atoms with Crippen LogP contribution in [0.25, 0.3) is 0 Å². The fourth-order valence-corrected chi connectivity index (χ4v) is 1.99. The average molecular weight is 298 g/mol. The molecule has 0 aliphatic heterocycles. The highest BCUT2D eigenvalue weighted by Gasteiger charge is 2.14. The van der Waals surface area contributed by atoms with Crippen molar-refractivity contribution >= 4 is 8.07 Å². The summed E-state index contributed by atoms with van der Waals surface area (Å²) in [6.07, 6.45) is 1.46.